The van der Waals surface area contributed by atoms with Crippen molar-refractivity contribution in [1.82, 2.24) is 25.5 Å². The Balaban J connectivity index is 2.20. The van der Waals surface area contributed by atoms with Crippen molar-refractivity contribution < 1.29 is 9.59 Å². The monoisotopic (exact) mass is 263 g/mol. The molecule has 7 nitrogen and oxygen atoms in total. The number of amides is 2. The second-order valence-corrected chi connectivity index (χ2v) is 4.38. The summed E-state index contributed by atoms with van der Waals surface area (Å²) in [4.78, 5) is 33.8. The fourth-order valence-corrected chi connectivity index (χ4v) is 2.00. The molecule has 2 amide bonds. The van der Waals surface area contributed by atoms with Crippen LogP contribution in [0.4, 0.5) is 0 Å². The number of likely N-dealkylation sites (N-methyl/N-ethyl adjacent to an activating group) is 1. The van der Waals surface area contributed by atoms with Crippen LogP contribution in [0.2, 0.25) is 0 Å². The SMILES string of the molecule is CNC(=O)C1CNCCN1C(=O)c1cnc(C)cn1. The van der Waals surface area contributed by atoms with E-state index in [-0.39, 0.29) is 17.5 Å². The molecule has 1 aromatic rings. The predicted molar refractivity (Wildman–Crippen MR) is 68.5 cm³/mol. The Hall–Kier alpha value is -2.02. The van der Waals surface area contributed by atoms with Gasteiger partial charge in [0.2, 0.25) is 5.91 Å². The third-order valence-corrected chi connectivity index (χ3v) is 3.05. The lowest BCUT2D eigenvalue weighted by atomic mass is 10.1. The molecule has 1 atom stereocenters. The zero-order chi connectivity index (χ0) is 13.8. The molecule has 1 fully saturated rings. The molecule has 1 unspecified atom stereocenters. The molecule has 0 radical (unpaired) electrons. The van der Waals surface area contributed by atoms with Gasteiger partial charge in [-0.1, -0.05) is 0 Å². The number of nitrogens with zero attached hydrogens (tertiary/aromatic N) is 3. The van der Waals surface area contributed by atoms with Crippen LogP contribution in [0.3, 0.4) is 0 Å². The van der Waals surface area contributed by atoms with Crippen molar-refractivity contribution in [3.05, 3.63) is 23.8 Å². The van der Waals surface area contributed by atoms with E-state index in [0.717, 1.165) is 5.69 Å². The second kappa shape index (κ2) is 5.75. The molecule has 0 spiro atoms. The molecule has 1 aliphatic rings. The molecule has 2 N–H and O–H groups in total. The Morgan fingerprint density at radius 2 is 2.21 bits per heavy atom. The lowest BCUT2D eigenvalue weighted by Gasteiger charge is -2.34. The molecule has 1 aliphatic heterocycles. The molecule has 0 saturated carbocycles. The van der Waals surface area contributed by atoms with Crippen LogP contribution >= 0.6 is 0 Å². The minimum absolute atomic E-state index is 0.180. The van der Waals surface area contributed by atoms with Crippen molar-refractivity contribution in [1.29, 1.82) is 0 Å². The van der Waals surface area contributed by atoms with E-state index >= 15 is 0 Å². The maximum atomic E-state index is 12.4. The lowest BCUT2D eigenvalue weighted by molar-refractivity contribution is -0.125. The van der Waals surface area contributed by atoms with E-state index in [9.17, 15) is 9.59 Å². The van der Waals surface area contributed by atoms with Crippen LogP contribution in [0.1, 0.15) is 16.2 Å². The van der Waals surface area contributed by atoms with Gasteiger partial charge in [-0.15, -0.1) is 0 Å². The second-order valence-electron chi connectivity index (χ2n) is 4.38. The first-order valence-electron chi connectivity index (χ1n) is 6.15. The Morgan fingerprint density at radius 1 is 1.42 bits per heavy atom. The maximum absolute atomic E-state index is 12.4. The fraction of sp³-hybridized carbons (Fsp3) is 0.500. The number of carbonyl (C=O) groups is 2. The van der Waals surface area contributed by atoms with Crippen molar-refractivity contribution in [3.63, 3.8) is 0 Å². The van der Waals surface area contributed by atoms with Gasteiger partial charge < -0.3 is 15.5 Å². The molecule has 1 aromatic heterocycles. The first kappa shape index (κ1) is 13.4. The topological polar surface area (TPSA) is 87.2 Å². The highest BCUT2D eigenvalue weighted by Crippen LogP contribution is 2.09. The molecule has 2 rings (SSSR count). The Bertz CT molecular complexity index is 474. The van der Waals surface area contributed by atoms with E-state index in [4.69, 9.17) is 0 Å². The highest BCUT2D eigenvalue weighted by atomic mass is 16.2. The van der Waals surface area contributed by atoms with Crippen molar-refractivity contribution in [3.8, 4) is 0 Å². The quantitative estimate of drug-likeness (QED) is 0.710. The van der Waals surface area contributed by atoms with Crippen molar-refractivity contribution in [2.75, 3.05) is 26.7 Å². The summed E-state index contributed by atoms with van der Waals surface area (Å²) in [6, 6.07) is -0.505. The predicted octanol–water partition coefficient (Wildman–Crippen LogP) is -1.05. The number of aromatic nitrogens is 2. The van der Waals surface area contributed by atoms with Crippen LogP contribution in [-0.2, 0) is 4.79 Å². The zero-order valence-electron chi connectivity index (χ0n) is 11.0. The Labute approximate surface area is 111 Å². The molecule has 1 saturated heterocycles. The van der Waals surface area contributed by atoms with Crippen LogP contribution in [0.5, 0.6) is 0 Å². The molecule has 0 bridgehead atoms. The third-order valence-electron chi connectivity index (χ3n) is 3.05. The first-order chi connectivity index (χ1) is 9.13. The van der Waals surface area contributed by atoms with Crippen molar-refractivity contribution >= 4 is 11.8 Å². The smallest absolute Gasteiger partial charge is 0.274 e. The summed E-state index contributed by atoms with van der Waals surface area (Å²) in [5, 5.41) is 5.68. The summed E-state index contributed by atoms with van der Waals surface area (Å²) in [6.45, 7) is 3.40. The number of nitrogens with one attached hydrogen (secondary N) is 2. The molecule has 0 aliphatic carbocycles. The van der Waals surface area contributed by atoms with Crippen LogP contribution in [-0.4, -0.2) is 59.4 Å². The van der Waals surface area contributed by atoms with E-state index < -0.39 is 6.04 Å². The van der Waals surface area contributed by atoms with Crippen LogP contribution < -0.4 is 10.6 Å². The average molecular weight is 263 g/mol. The summed E-state index contributed by atoms with van der Waals surface area (Å²) >= 11 is 0. The first-order valence-corrected chi connectivity index (χ1v) is 6.15. The van der Waals surface area contributed by atoms with E-state index in [2.05, 4.69) is 20.6 Å². The van der Waals surface area contributed by atoms with Crippen LogP contribution in [0, 0.1) is 6.92 Å². The summed E-state index contributed by atoms with van der Waals surface area (Å²) in [7, 11) is 1.56. The van der Waals surface area contributed by atoms with Crippen LogP contribution in [0.15, 0.2) is 12.4 Å². The molecule has 2 heterocycles. The molecular formula is C12H17N5O2. The van der Waals surface area contributed by atoms with Crippen molar-refractivity contribution in [2.24, 2.45) is 0 Å². The zero-order valence-corrected chi connectivity index (χ0v) is 11.0. The third kappa shape index (κ3) is 2.87. The summed E-state index contributed by atoms with van der Waals surface area (Å²) in [5.41, 5.74) is 1.01. The van der Waals surface area contributed by atoms with E-state index in [1.807, 2.05) is 0 Å². The number of rotatable bonds is 2. The molecule has 0 aromatic carbocycles. The summed E-state index contributed by atoms with van der Waals surface area (Å²) in [5.74, 6) is -0.441. The van der Waals surface area contributed by atoms with Gasteiger partial charge >= 0.3 is 0 Å². The van der Waals surface area contributed by atoms with Gasteiger partial charge in [-0.25, -0.2) is 4.98 Å². The van der Waals surface area contributed by atoms with E-state index in [1.54, 1.807) is 20.2 Å². The number of aryl methyl sites for hydroxylation is 1. The summed E-state index contributed by atoms with van der Waals surface area (Å²) in [6.07, 6.45) is 2.99. The van der Waals surface area contributed by atoms with E-state index in [1.165, 1.54) is 11.1 Å². The van der Waals surface area contributed by atoms with Gasteiger partial charge in [0.15, 0.2) is 0 Å². The van der Waals surface area contributed by atoms with Crippen LogP contribution in [0.25, 0.3) is 0 Å². The van der Waals surface area contributed by atoms with Gasteiger partial charge in [0.1, 0.15) is 11.7 Å². The van der Waals surface area contributed by atoms with Gasteiger partial charge in [0, 0.05) is 32.9 Å². The average Bonchev–Trinajstić information content (AvgIpc) is 2.46. The molecular weight excluding hydrogens is 246 g/mol. The number of hydrogen-bond acceptors (Lipinski definition) is 5. The fourth-order valence-electron chi connectivity index (χ4n) is 2.00. The molecule has 7 heteroatoms. The number of carbonyl (C=O) groups excluding carboxylic acids is 2. The van der Waals surface area contributed by atoms with E-state index in [0.29, 0.717) is 19.6 Å². The van der Waals surface area contributed by atoms with Gasteiger partial charge in [-0.3, -0.25) is 14.6 Å². The number of hydrogen-bond donors (Lipinski definition) is 2. The highest BCUT2D eigenvalue weighted by Gasteiger charge is 2.32. The van der Waals surface area contributed by atoms with Crippen molar-refractivity contribution in [2.45, 2.75) is 13.0 Å². The van der Waals surface area contributed by atoms with Gasteiger partial charge in [0.05, 0.1) is 11.9 Å². The Kier molecular flexibility index (Phi) is 4.06. The van der Waals surface area contributed by atoms with Gasteiger partial charge in [-0.2, -0.15) is 0 Å². The Morgan fingerprint density at radius 3 is 2.84 bits per heavy atom. The maximum Gasteiger partial charge on any atom is 0.274 e. The number of piperazine rings is 1. The lowest BCUT2D eigenvalue weighted by Crippen LogP contribution is -2.59. The van der Waals surface area contributed by atoms with Gasteiger partial charge in [0.25, 0.3) is 5.91 Å². The normalized spacial score (nSPS) is 19.1. The minimum atomic E-state index is -0.505. The largest absolute Gasteiger partial charge is 0.357 e. The van der Waals surface area contributed by atoms with Gasteiger partial charge in [-0.05, 0) is 6.92 Å². The highest BCUT2D eigenvalue weighted by molar-refractivity contribution is 5.96. The standard InChI is InChI=1S/C12H17N5O2/c1-8-5-16-9(6-15-8)12(19)17-4-3-14-7-10(17)11(18)13-2/h5-6,10,14H,3-4,7H2,1-2H3,(H,13,18). The summed E-state index contributed by atoms with van der Waals surface area (Å²) < 4.78 is 0. The minimum Gasteiger partial charge on any atom is -0.357 e. The molecule has 19 heavy (non-hydrogen) atoms. The molecule has 102 valence electrons.